The summed E-state index contributed by atoms with van der Waals surface area (Å²) in [6.07, 6.45) is 5.53. The first-order valence-corrected chi connectivity index (χ1v) is 8.54. The molecule has 0 aliphatic carbocycles. The van der Waals surface area contributed by atoms with Crippen LogP contribution in [0.15, 0.2) is 30.3 Å². The second kappa shape index (κ2) is 8.44. The van der Waals surface area contributed by atoms with Crippen molar-refractivity contribution in [1.82, 2.24) is 15.0 Å². The molecular weight excluding hydrogens is 304 g/mol. The smallest absolute Gasteiger partial charge is 0.253 e. The summed E-state index contributed by atoms with van der Waals surface area (Å²) < 4.78 is 0. The molecule has 1 aliphatic rings. The first-order valence-electron chi connectivity index (χ1n) is 8.54. The van der Waals surface area contributed by atoms with Crippen molar-refractivity contribution in [3.63, 3.8) is 0 Å². The van der Waals surface area contributed by atoms with Crippen LogP contribution in [0.2, 0.25) is 0 Å². The number of benzene rings is 1. The van der Waals surface area contributed by atoms with E-state index in [-0.39, 0.29) is 5.95 Å². The maximum Gasteiger partial charge on any atom is 0.253 e. The fourth-order valence-corrected chi connectivity index (χ4v) is 2.87. The monoisotopic (exact) mass is 328 g/mol. The van der Waals surface area contributed by atoms with Crippen molar-refractivity contribution in [3.05, 3.63) is 35.9 Å². The average molecular weight is 328 g/mol. The van der Waals surface area contributed by atoms with E-state index in [1.807, 2.05) is 11.5 Å². The lowest BCUT2D eigenvalue weighted by Gasteiger charge is -2.26. The summed E-state index contributed by atoms with van der Waals surface area (Å²) in [4.78, 5) is 15.1. The predicted octanol–water partition coefficient (Wildman–Crippen LogP) is 2.71. The standard InChI is InChI=1S/C17H24N6O/c24-22-16-19-15(18-11-7-10-14-8-3-1-4-9-14)20-17(21-16)23-12-5-2-6-13-23/h1,3-4,8-9,24H,2,5-7,10-13H2,(H2,18,19,20,21,22). The number of nitrogens with one attached hydrogen (secondary N) is 2. The molecule has 2 aromatic rings. The number of aryl methyl sites for hydroxylation is 1. The molecule has 3 rings (SSSR count). The molecule has 0 spiro atoms. The zero-order valence-electron chi connectivity index (χ0n) is 13.8. The highest BCUT2D eigenvalue weighted by Gasteiger charge is 2.16. The van der Waals surface area contributed by atoms with E-state index in [1.165, 1.54) is 12.0 Å². The van der Waals surface area contributed by atoms with Crippen LogP contribution in [0.1, 0.15) is 31.2 Å². The van der Waals surface area contributed by atoms with Gasteiger partial charge in [0, 0.05) is 19.6 Å². The maximum atomic E-state index is 9.16. The van der Waals surface area contributed by atoms with Crippen LogP contribution in [0.5, 0.6) is 0 Å². The fraction of sp³-hybridized carbons (Fsp3) is 0.471. The Hall–Kier alpha value is -2.41. The van der Waals surface area contributed by atoms with Crippen molar-refractivity contribution in [3.8, 4) is 0 Å². The molecule has 24 heavy (non-hydrogen) atoms. The van der Waals surface area contributed by atoms with Gasteiger partial charge in [-0.05, 0) is 37.7 Å². The van der Waals surface area contributed by atoms with Crippen molar-refractivity contribution in [2.75, 3.05) is 35.3 Å². The molecule has 2 heterocycles. The molecule has 1 fully saturated rings. The summed E-state index contributed by atoms with van der Waals surface area (Å²) >= 11 is 0. The number of piperidine rings is 1. The third-order valence-corrected chi connectivity index (χ3v) is 4.13. The van der Waals surface area contributed by atoms with E-state index >= 15 is 0 Å². The van der Waals surface area contributed by atoms with Crippen LogP contribution >= 0.6 is 0 Å². The fourth-order valence-electron chi connectivity index (χ4n) is 2.87. The molecular formula is C17H24N6O. The van der Waals surface area contributed by atoms with Gasteiger partial charge < -0.3 is 10.2 Å². The lowest BCUT2D eigenvalue weighted by Crippen LogP contribution is -2.31. The molecule has 1 aromatic heterocycles. The maximum absolute atomic E-state index is 9.16. The second-order valence-corrected chi connectivity index (χ2v) is 5.96. The summed E-state index contributed by atoms with van der Waals surface area (Å²) in [5.41, 5.74) is 3.36. The summed E-state index contributed by atoms with van der Waals surface area (Å²) in [6.45, 7) is 2.66. The highest BCUT2D eigenvalue weighted by molar-refractivity contribution is 5.43. The summed E-state index contributed by atoms with van der Waals surface area (Å²) in [5.74, 6) is 1.29. The molecule has 7 nitrogen and oxygen atoms in total. The highest BCUT2D eigenvalue weighted by atomic mass is 16.5. The highest BCUT2D eigenvalue weighted by Crippen LogP contribution is 2.18. The molecule has 7 heteroatoms. The van der Waals surface area contributed by atoms with Crippen LogP contribution in [0.3, 0.4) is 0 Å². The molecule has 128 valence electrons. The molecule has 3 N–H and O–H groups in total. The number of anilines is 3. The van der Waals surface area contributed by atoms with E-state index in [4.69, 9.17) is 5.21 Å². The molecule has 1 aromatic carbocycles. The van der Waals surface area contributed by atoms with Gasteiger partial charge in [-0.3, -0.25) is 5.21 Å². The third kappa shape index (κ3) is 4.55. The van der Waals surface area contributed by atoms with Crippen LogP contribution in [0.25, 0.3) is 0 Å². The van der Waals surface area contributed by atoms with Crippen molar-refractivity contribution in [1.29, 1.82) is 0 Å². The number of hydrogen-bond donors (Lipinski definition) is 3. The zero-order valence-corrected chi connectivity index (χ0v) is 13.8. The van der Waals surface area contributed by atoms with Gasteiger partial charge in [0.15, 0.2) is 0 Å². The number of hydrogen-bond acceptors (Lipinski definition) is 7. The average Bonchev–Trinajstić information content (AvgIpc) is 2.66. The van der Waals surface area contributed by atoms with Crippen molar-refractivity contribution in [2.45, 2.75) is 32.1 Å². The van der Waals surface area contributed by atoms with E-state index < -0.39 is 0 Å². The Balaban J connectivity index is 1.57. The van der Waals surface area contributed by atoms with Crippen molar-refractivity contribution < 1.29 is 5.21 Å². The van der Waals surface area contributed by atoms with Gasteiger partial charge in [-0.25, -0.2) is 5.48 Å². The Kier molecular flexibility index (Phi) is 5.79. The third-order valence-electron chi connectivity index (χ3n) is 4.13. The van der Waals surface area contributed by atoms with E-state index in [1.54, 1.807) is 0 Å². The minimum Gasteiger partial charge on any atom is -0.354 e. The Morgan fingerprint density at radius 1 is 0.958 bits per heavy atom. The molecule has 0 bridgehead atoms. The van der Waals surface area contributed by atoms with Gasteiger partial charge in [-0.2, -0.15) is 15.0 Å². The molecule has 0 atom stereocenters. The quantitative estimate of drug-likeness (QED) is 0.532. The van der Waals surface area contributed by atoms with Gasteiger partial charge in [-0.15, -0.1) is 0 Å². The first kappa shape index (κ1) is 16.4. The van der Waals surface area contributed by atoms with Gasteiger partial charge in [0.05, 0.1) is 0 Å². The minimum absolute atomic E-state index is 0.177. The van der Waals surface area contributed by atoms with Crippen LogP contribution in [-0.4, -0.2) is 39.8 Å². The lowest BCUT2D eigenvalue weighted by atomic mass is 10.1. The SMILES string of the molecule is ONc1nc(NCCCc2ccccc2)nc(N2CCCCC2)n1. The number of nitrogens with zero attached hydrogens (tertiary/aromatic N) is 4. The van der Waals surface area contributed by atoms with Crippen molar-refractivity contribution in [2.24, 2.45) is 0 Å². The van der Waals surface area contributed by atoms with Gasteiger partial charge in [-0.1, -0.05) is 30.3 Å². The van der Waals surface area contributed by atoms with Crippen LogP contribution < -0.4 is 15.7 Å². The van der Waals surface area contributed by atoms with Gasteiger partial charge >= 0.3 is 0 Å². The molecule has 1 saturated heterocycles. The molecule has 0 radical (unpaired) electrons. The van der Waals surface area contributed by atoms with E-state index in [0.717, 1.165) is 45.3 Å². The van der Waals surface area contributed by atoms with E-state index in [2.05, 4.69) is 49.4 Å². The van der Waals surface area contributed by atoms with Crippen LogP contribution in [-0.2, 0) is 6.42 Å². The van der Waals surface area contributed by atoms with Crippen molar-refractivity contribution >= 4 is 17.8 Å². The van der Waals surface area contributed by atoms with Gasteiger partial charge in [0.25, 0.3) is 5.95 Å². The topological polar surface area (TPSA) is 86.2 Å². The van der Waals surface area contributed by atoms with E-state index in [0.29, 0.717) is 11.9 Å². The Morgan fingerprint density at radius 3 is 2.46 bits per heavy atom. The number of rotatable bonds is 7. The normalized spacial score (nSPS) is 14.5. The number of aromatic nitrogens is 3. The second-order valence-electron chi connectivity index (χ2n) is 5.96. The largest absolute Gasteiger partial charge is 0.354 e. The Bertz CT molecular complexity index is 630. The van der Waals surface area contributed by atoms with Gasteiger partial charge in [0.2, 0.25) is 11.9 Å². The molecule has 1 aliphatic heterocycles. The summed E-state index contributed by atoms with van der Waals surface area (Å²) in [5, 5.41) is 12.4. The Labute approximate surface area is 142 Å². The summed E-state index contributed by atoms with van der Waals surface area (Å²) in [7, 11) is 0. The minimum atomic E-state index is 0.177. The molecule has 0 amide bonds. The molecule has 0 saturated carbocycles. The zero-order chi connectivity index (χ0) is 16.6. The lowest BCUT2D eigenvalue weighted by molar-refractivity contribution is 0.382. The van der Waals surface area contributed by atoms with E-state index in [9.17, 15) is 0 Å². The van der Waals surface area contributed by atoms with Crippen LogP contribution in [0.4, 0.5) is 17.8 Å². The predicted molar refractivity (Wildman–Crippen MR) is 94.6 cm³/mol. The van der Waals surface area contributed by atoms with Crippen LogP contribution in [0, 0.1) is 0 Å². The van der Waals surface area contributed by atoms with Gasteiger partial charge in [0.1, 0.15) is 0 Å². The summed E-state index contributed by atoms with van der Waals surface area (Å²) in [6, 6.07) is 10.4. The first-order chi connectivity index (χ1) is 11.8. The Morgan fingerprint density at radius 2 is 1.71 bits per heavy atom. The molecule has 0 unspecified atom stereocenters.